The predicted octanol–water partition coefficient (Wildman–Crippen LogP) is 3.74. The van der Waals surface area contributed by atoms with Gasteiger partial charge in [-0.25, -0.2) is 4.39 Å². The van der Waals surface area contributed by atoms with Crippen LogP contribution >= 0.6 is 0 Å². The van der Waals surface area contributed by atoms with E-state index >= 15 is 0 Å². The third kappa shape index (κ3) is 2.48. The standard InChI is InChI=1S/C18H20FN/c1-20-12-15-8-7-14-11-16(19)9-10-17(14)18(15)13-5-3-2-4-6-13/h2-6,9-11,15,18,20H,7-8,12H2,1H3/t15-,18+/m1/s1. The molecule has 2 heteroatoms. The predicted molar refractivity (Wildman–Crippen MR) is 80.4 cm³/mol. The van der Waals surface area contributed by atoms with Crippen molar-refractivity contribution in [2.24, 2.45) is 5.92 Å². The monoisotopic (exact) mass is 269 g/mol. The highest BCUT2D eigenvalue weighted by atomic mass is 19.1. The molecule has 2 atom stereocenters. The van der Waals surface area contributed by atoms with Crippen LogP contribution in [0.5, 0.6) is 0 Å². The fourth-order valence-electron chi connectivity index (χ4n) is 3.45. The smallest absolute Gasteiger partial charge is 0.123 e. The van der Waals surface area contributed by atoms with E-state index in [1.54, 1.807) is 12.1 Å². The molecule has 20 heavy (non-hydrogen) atoms. The number of hydrogen-bond acceptors (Lipinski definition) is 1. The fourth-order valence-corrected chi connectivity index (χ4v) is 3.45. The zero-order valence-electron chi connectivity index (χ0n) is 11.8. The summed E-state index contributed by atoms with van der Waals surface area (Å²) in [5, 5.41) is 3.31. The van der Waals surface area contributed by atoms with E-state index in [1.165, 1.54) is 16.7 Å². The van der Waals surface area contributed by atoms with Gasteiger partial charge >= 0.3 is 0 Å². The molecule has 104 valence electrons. The first kappa shape index (κ1) is 13.3. The van der Waals surface area contributed by atoms with Gasteiger partial charge in [0.15, 0.2) is 0 Å². The summed E-state index contributed by atoms with van der Waals surface area (Å²) in [6.07, 6.45) is 2.08. The highest BCUT2D eigenvalue weighted by Gasteiger charge is 2.30. The molecule has 0 radical (unpaired) electrons. The molecule has 0 saturated carbocycles. The maximum absolute atomic E-state index is 13.5. The van der Waals surface area contributed by atoms with Crippen LogP contribution in [0.2, 0.25) is 0 Å². The molecule has 1 N–H and O–H groups in total. The molecule has 2 aromatic carbocycles. The van der Waals surface area contributed by atoms with Gasteiger partial charge in [0.1, 0.15) is 5.82 Å². The fraction of sp³-hybridized carbons (Fsp3) is 0.333. The lowest BCUT2D eigenvalue weighted by Gasteiger charge is -2.34. The van der Waals surface area contributed by atoms with Gasteiger partial charge in [-0.1, -0.05) is 36.4 Å². The number of benzene rings is 2. The first-order valence-corrected chi connectivity index (χ1v) is 7.27. The lowest BCUT2D eigenvalue weighted by Crippen LogP contribution is -2.29. The van der Waals surface area contributed by atoms with Crippen molar-refractivity contribution in [2.75, 3.05) is 13.6 Å². The van der Waals surface area contributed by atoms with Crippen molar-refractivity contribution in [1.29, 1.82) is 0 Å². The summed E-state index contributed by atoms with van der Waals surface area (Å²) in [6, 6.07) is 15.9. The summed E-state index contributed by atoms with van der Waals surface area (Å²) >= 11 is 0. The minimum absolute atomic E-state index is 0.123. The quantitative estimate of drug-likeness (QED) is 0.895. The summed E-state index contributed by atoms with van der Waals surface area (Å²) in [5.74, 6) is 0.816. The molecule has 0 fully saturated rings. The first-order valence-electron chi connectivity index (χ1n) is 7.27. The average molecular weight is 269 g/mol. The molecule has 1 nitrogen and oxygen atoms in total. The Kier molecular flexibility index (Phi) is 3.83. The van der Waals surface area contributed by atoms with Gasteiger partial charge in [0.05, 0.1) is 0 Å². The van der Waals surface area contributed by atoms with Crippen LogP contribution in [-0.2, 0) is 6.42 Å². The van der Waals surface area contributed by atoms with E-state index in [9.17, 15) is 4.39 Å². The molecule has 0 aliphatic heterocycles. The van der Waals surface area contributed by atoms with E-state index in [-0.39, 0.29) is 5.82 Å². The van der Waals surface area contributed by atoms with Gasteiger partial charge in [-0.3, -0.25) is 0 Å². The van der Waals surface area contributed by atoms with E-state index in [0.717, 1.165) is 19.4 Å². The minimum atomic E-state index is -0.123. The zero-order valence-corrected chi connectivity index (χ0v) is 11.8. The van der Waals surface area contributed by atoms with Crippen molar-refractivity contribution in [3.8, 4) is 0 Å². The van der Waals surface area contributed by atoms with Crippen LogP contribution in [0.3, 0.4) is 0 Å². The number of nitrogens with one attached hydrogen (secondary N) is 1. The van der Waals surface area contributed by atoms with E-state index in [1.807, 2.05) is 19.2 Å². The first-order chi connectivity index (χ1) is 9.79. The SMILES string of the molecule is CNC[C@H]1CCc2cc(F)ccc2[C@H]1c1ccccc1. The van der Waals surface area contributed by atoms with Gasteiger partial charge in [0, 0.05) is 5.92 Å². The minimum Gasteiger partial charge on any atom is -0.319 e. The lowest BCUT2D eigenvalue weighted by atomic mass is 9.72. The second kappa shape index (κ2) is 5.76. The van der Waals surface area contributed by atoms with Gasteiger partial charge in [-0.2, -0.15) is 0 Å². The molecule has 0 aromatic heterocycles. The Labute approximate surface area is 119 Å². The van der Waals surface area contributed by atoms with E-state index in [0.29, 0.717) is 11.8 Å². The van der Waals surface area contributed by atoms with E-state index in [4.69, 9.17) is 0 Å². The molecule has 2 aromatic rings. The molecule has 3 rings (SSSR count). The van der Waals surface area contributed by atoms with Crippen molar-refractivity contribution >= 4 is 0 Å². The Morgan fingerprint density at radius 2 is 1.95 bits per heavy atom. The molecule has 0 heterocycles. The molecule has 1 aliphatic rings. The van der Waals surface area contributed by atoms with Gasteiger partial charge in [0.25, 0.3) is 0 Å². The summed E-state index contributed by atoms with van der Waals surface area (Å²) in [5.41, 5.74) is 3.80. The highest BCUT2D eigenvalue weighted by Crippen LogP contribution is 2.40. The largest absolute Gasteiger partial charge is 0.319 e. The average Bonchev–Trinajstić information content (AvgIpc) is 2.48. The highest BCUT2D eigenvalue weighted by molar-refractivity contribution is 5.41. The van der Waals surface area contributed by atoms with Crippen LogP contribution in [0.1, 0.15) is 29.0 Å². The molecule has 0 saturated heterocycles. The number of fused-ring (bicyclic) bond motifs is 1. The van der Waals surface area contributed by atoms with Gasteiger partial charge in [0.2, 0.25) is 0 Å². The van der Waals surface area contributed by atoms with Gasteiger partial charge in [-0.05, 0) is 61.2 Å². The van der Waals surface area contributed by atoms with Crippen LogP contribution in [-0.4, -0.2) is 13.6 Å². The Morgan fingerprint density at radius 1 is 1.15 bits per heavy atom. The van der Waals surface area contributed by atoms with Crippen molar-refractivity contribution < 1.29 is 4.39 Å². The summed E-state index contributed by atoms with van der Waals surface area (Å²) in [7, 11) is 2.00. The van der Waals surface area contributed by atoms with Crippen molar-refractivity contribution in [3.05, 3.63) is 71.0 Å². The zero-order chi connectivity index (χ0) is 13.9. The third-order valence-corrected chi connectivity index (χ3v) is 4.32. The van der Waals surface area contributed by atoms with Crippen LogP contribution in [0.4, 0.5) is 4.39 Å². The summed E-state index contributed by atoms with van der Waals surface area (Å²) in [4.78, 5) is 0. The Hall–Kier alpha value is -1.67. The van der Waals surface area contributed by atoms with Gasteiger partial charge in [-0.15, -0.1) is 0 Å². The molecular weight excluding hydrogens is 249 g/mol. The topological polar surface area (TPSA) is 12.0 Å². The van der Waals surface area contributed by atoms with Crippen LogP contribution in [0.15, 0.2) is 48.5 Å². The van der Waals surface area contributed by atoms with Crippen LogP contribution < -0.4 is 5.32 Å². The van der Waals surface area contributed by atoms with E-state index < -0.39 is 0 Å². The van der Waals surface area contributed by atoms with Crippen molar-refractivity contribution in [3.63, 3.8) is 0 Å². The Morgan fingerprint density at radius 3 is 2.70 bits per heavy atom. The summed E-state index contributed by atoms with van der Waals surface area (Å²) < 4.78 is 13.5. The summed E-state index contributed by atoms with van der Waals surface area (Å²) in [6.45, 7) is 0.996. The van der Waals surface area contributed by atoms with E-state index in [2.05, 4.69) is 29.6 Å². The lowest BCUT2D eigenvalue weighted by molar-refractivity contribution is 0.394. The molecule has 0 spiro atoms. The third-order valence-electron chi connectivity index (χ3n) is 4.32. The van der Waals surface area contributed by atoms with Crippen molar-refractivity contribution in [2.45, 2.75) is 18.8 Å². The number of aryl methyl sites for hydroxylation is 1. The molecule has 0 amide bonds. The van der Waals surface area contributed by atoms with Gasteiger partial charge < -0.3 is 5.32 Å². The Balaban J connectivity index is 2.06. The molecule has 0 unspecified atom stereocenters. The molecule has 0 bridgehead atoms. The second-order valence-corrected chi connectivity index (χ2v) is 5.59. The van der Waals surface area contributed by atoms with Crippen molar-refractivity contribution in [1.82, 2.24) is 5.32 Å². The number of halogens is 1. The maximum Gasteiger partial charge on any atom is 0.123 e. The number of hydrogen-bond donors (Lipinski definition) is 1. The molecular formula is C18H20FN. The molecule has 1 aliphatic carbocycles. The normalized spacial score (nSPS) is 21.5. The Bertz CT molecular complexity index is 579. The second-order valence-electron chi connectivity index (χ2n) is 5.59. The van der Waals surface area contributed by atoms with Crippen LogP contribution in [0.25, 0.3) is 0 Å². The van der Waals surface area contributed by atoms with Crippen LogP contribution in [0, 0.1) is 11.7 Å². The number of rotatable bonds is 3. The maximum atomic E-state index is 13.5.